The Morgan fingerprint density at radius 1 is 1.07 bits per heavy atom. The molecule has 0 radical (unpaired) electrons. The van der Waals surface area contributed by atoms with E-state index in [1.807, 2.05) is 16.3 Å². The summed E-state index contributed by atoms with van der Waals surface area (Å²) in [5, 5.41) is 2.26. The van der Waals surface area contributed by atoms with Crippen molar-refractivity contribution in [1.29, 1.82) is 0 Å². The van der Waals surface area contributed by atoms with Crippen molar-refractivity contribution < 1.29 is 21.6 Å². The molecular weight excluding hydrogens is 449 g/mol. The maximum absolute atomic E-state index is 13.1. The number of benzene rings is 1. The minimum atomic E-state index is -4.74. The molecule has 0 unspecified atom stereocenters. The summed E-state index contributed by atoms with van der Waals surface area (Å²) in [7, 11) is -4.08. The van der Waals surface area contributed by atoms with Crippen molar-refractivity contribution in [2.75, 3.05) is 31.1 Å². The zero-order valence-electron chi connectivity index (χ0n) is 14.7. The van der Waals surface area contributed by atoms with Gasteiger partial charge in [-0.15, -0.1) is 11.3 Å². The fourth-order valence-electron chi connectivity index (χ4n) is 3.20. The molecule has 0 bridgehead atoms. The van der Waals surface area contributed by atoms with Crippen LogP contribution in [0.5, 0.6) is 0 Å². The van der Waals surface area contributed by atoms with E-state index in [4.69, 9.17) is 11.6 Å². The van der Waals surface area contributed by atoms with Gasteiger partial charge in [0.25, 0.3) is 0 Å². The number of rotatable bonds is 3. The Balaban J connectivity index is 1.56. The van der Waals surface area contributed by atoms with Crippen molar-refractivity contribution in [3.63, 3.8) is 0 Å². The van der Waals surface area contributed by atoms with Gasteiger partial charge in [0.15, 0.2) is 0 Å². The van der Waals surface area contributed by atoms with Gasteiger partial charge in [0.1, 0.15) is 17.0 Å². The lowest BCUT2D eigenvalue weighted by Gasteiger charge is -2.35. The molecule has 6 nitrogen and oxygen atoms in total. The molecule has 1 aliphatic rings. The predicted octanol–water partition coefficient (Wildman–Crippen LogP) is 3.87. The molecule has 4 rings (SSSR count). The number of nitrogens with zero attached hydrogens (tertiary/aromatic N) is 4. The number of hydrogen-bond donors (Lipinski definition) is 0. The number of fused-ring (bicyclic) bond motifs is 1. The molecule has 154 valence electrons. The second-order valence-electron chi connectivity index (χ2n) is 6.37. The predicted molar refractivity (Wildman–Crippen MR) is 105 cm³/mol. The van der Waals surface area contributed by atoms with Gasteiger partial charge >= 0.3 is 6.18 Å². The highest BCUT2D eigenvalue weighted by Crippen LogP contribution is 2.36. The minimum Gasteiger partial charge on any atom is -0.353 e. The molecule has 0 atom stereocenters. The molecule has 0 aliphatic carbocycles. The van der Waals surface area contributed by atoms with Crippen molar-refractivity contribution in [1.82, 2.24) is 14.3 Å². The minimum absolute atomic E-state index is 0.127. The van der Waals surface area contributed by atoms with Crippen molar-refractivity contribution in [3.8, 4) is 0 Å². The van der Waals surface area contributed by atoms with E-state index in [0.717, 1.165) is 28.2 Å². The van der Waals surface area contributed by atoms with E-state index < -0.39 is 31.7 Å². The molecule has 12 heteroatoms. The Hall–Kier alpha value is -1.95. The molecule has 1 aromatic carbocycles. The van der Waals surface area contributed by atoms with Crippen LogP contribution in [0.15, 0.2) is 40.9 Å². The molecule has 0 N–H and O–H groups in total. The third kappa shape index (κ3) is 3.79. The summed E-state index contributed by atoms with van der Waals surface area (Å²) in [4.78, 5) is 10.9. The largest absolute Gasteiger partial charge is 0.417 e. The van der Waals surface area contributed by atoms with Crippen LogP contribution in [0.25, 0.3) is 10.2 Å². The summed E-state index contributed by atoms with van der Waals surface area (Å²) >= 11 is 7.08. The van der Waals surface area contributed by atoms with Crippen molar-refractivity contribution >= 4 is 49.0 Å². The maximum Gasteiger partial charge on any atom is 0.417 e. The van der Waals surface area contributed by atoms with Crippen LogP contribution >= 0.6 is 22.9 Å². The van der Waals surface area contributed by atoms with Gasteiger partial charge in [-0.3, -0.25) is 0 Å². The topological polar surface area (TPSA) is 66.4 Å². The molecule has 3 heterocycles. The highest BCUT2D eigenvalue weighted by molar-refractivity contribution is 7.89. The van der Waals surface area contributed by atoms with Crippen molar-refractivity contribution in [2.45, 2.75) is 11.1 Å². The molecule has 0 spiro atoms. The van der Waals surface area contributed by atoms with E-state index in [-0.39, 0.29) is 13.1 Å². The van der Waals surface area contributed by atoms with Crippen LogP contribution < -0.4 is 4.90 Å². The number of thiophene rings is 1. The van der Waals surface area contributed by atoms with Crippen LogP contribution in [0.2, 0.25) is 5.02 Å². The average molecular weight is 463 g/mol. The van der Waals surface area contributed by atoms with Crippen LogP contribution in [0.3, 0.4) is 0 Å². The Morgan fingerprint density at radius 2 is 1.79 bits per heavy atom. The molecule has 2 aromatic heterocycles. The summed E-state index contributed by atoms with van der Waals surface area (Å²) in [6.07, 6.45) is -3.27. The Morgan fingerprint density at radius 3 is 2.48 bits per heavy atom. The van der Waals surface area contributed by atoms with Crippen LogP contribution in [0.1, 0.15) is 5.56 Å². The number of halogens is 4. The number of alkyl halides is 3. The fourth-order valence-corrected chi connectivity index (χ4v) is 5.60. The molecular formula is C17H14ClF3N4O2S2. The van der Waals surface area contributed by atoms with Gasteiger partial charge in [-0.2, -0.15) is 17.5 Å². The molecule has 29 heavy (non-hydrogen) atoms. The molecule has 0 saturated carbocycles. The van der Waals surface area contributed by atoms with Crippen molar-refractivity contribution in [2.24, 2.45) is 0 Å². The smallest absolute Gasteiger partial charge is 0.353 e. The van der Waals surface area contributed by atoms with E-state index in [0.29, 0.717) is 19.2 Å². The van der Waals surface area contributed by atoms with E-state index >= 15 is 0 Å². The number of hydrogen-bond acceptors (Lipinski definition) is 6. The molecule has 1 saturated heterocycles. The van der Waals surface area contributed by atoms with E-state index in [9.17, 15) is 21.6 Å². The third-order valence-electron chi connectivity index (χ3n) is 4.66. The average Bonchev–Trinajstić information content (AvgIpc) is 3.16. The SMILES string of the molecule is O=S(=O)(c1ccc(Cl)c(C(F)(F)F)c1)N1CCN(c2ncnc3sccc23)CC1. The normalized spacial score (nSPS) is 16.5. The second kappa shape index (κ2) is 7.38. The maximum atomic E-state index is 13.1. The van der Waals surface area contributed by atoms with Crippen molar-refractivity contribution in [3.05, 3.63) is 46.6 Å². The van der Waals surface area contributed by atoms with Gasteiger partial charge in [-0.25, -0.2) is 18.4 Å². The first-order valence-corrected chi connectivity index (χ1v) is 11.2. The summed E-state index contributed by atoms with van der Waals surface area (Å²) < 4.78 is 66.2. The van der Waals surface area contributed by atoms with Gasteiger partial charge in [0, 0.05) is 26.2 Å². The standard InChI is InChI=1S/C17H14ClF3N4O2S2/c18-14-2-1-11(9-13(14)17(19,20)21)29(26,27)25-6-4-24(5-7-25)15-12-3-8-28-16(12)23-10-22-15/h1-3,8-10H,4-7H2. The Bertz CT molecular complexity index is 1160. The molecule has 0 amide bonds. The second-order valence-corrected chi connectivity index (χ2v) is 9.61. The fraction of sp³-hybridized carbons (Fsp3) is 0.294. The summed E-state index contributed by atoms with van der Waals surface area (Å²) in [5.41, 5.74) is -1.17. The molecule has 1 fully saturated rings. The van der Waals surface area contributed by atoms with Gasteiger partial charge < -0.3 is 4.90 Å². The van der Waals surface area contributed by atoms with Gasteiger partial charge in [-0.1, -0.05) is 11.6 Å². The van der Waals surface area contributed by atoms with Crippen LogP contribution in [-0.4, -0.2) is 48.9 Å². The Kier molecular flexibility index (Phi) is 5.18. The Labute approximate surface area is 173 Å². The number of sulfonamides is 1. The van der Waals surface area contributed by atoms with Crippen LogP contribution in [0.4, 0.5) is 19.0 Å². The van der Waals surface area contributed by atoms with Gasteiger partial charge in [0.2, 0.25) is 10.0 Å². The first kappa shape index (κ1) is 20.3. The van der Waals surface area contributed by atoms with Gasteiger partial charge in [0.05, 0.1) is 20.9 Å². The quantitative estimate of drug-likeness (QED) is 0.591. The summed E-state index contributed by atoms with van der Waals surface area (Å²) in [6.45, 7) is 0.978. The zero-order valence-corrected chi connectivity index (χ0v) is 17.1. The van der Waals surface area contributed by atoms with E-state index in [1.54, 1.807) is 0 Å². The lowest BCUT2D eigenvalue weighted by Crippen LogP contribution is -2.49. The third-order valence-corrected chi connectivity index (χ3v) is 7.70. The van der Waals surface area contributed by atoms with Crippen LogP contribution in [0, 0.1) is 0 Å². The number of piperazine rings is 1. The molecule has 1 aliphatic heterocycles. The van der Waals surface area contributed by atoms with Crippen LogP contribution in [-0.2, 0) is 16.2 Å². The highest BCUT2D eigenvalue weighted by atomic mass is 35.5. The lowest BCUT2D eigenvalue weighted by molar-refractivity contribution is -0.137. The van der Waals surface area contributed by atoms with Gasteiger partial charge in [-0.05, 0) is 29.6 Å². The summed E-state index contributed by atoms with van der Waals surface area (Å²) in [6, 6.07) is 4.55. The zero-order chi connectivity index (χ0) is 20.8. The van der Waals surface area contributed by atoms with E-state index in [1.165, 1.54) is 22.0 Å². The first-order valence-electron chi connectivity index (χ1n) is 8.48. The van der Waals surface area contributed by atoms with E-state index in [2.05, 4.69) is 9.97 Å². The summed E-state index contributed by atoms with van der Waals surface area (Å²) in [5.74, 6) is 0.721. The number of anilines is 1. The highest BCUT2D eigenvalue weighted by Gasteiger charge is 2.36. The first-order chi connectivity index (χ1) is 13.7. The number of aromatic nitrogens is 2. The lowest BCUT2D eigenvalue weighted by atomic mass is 10.2. The molecule has 3 aromatic rings. The monoisotopic (exact) mass is 462 g/mol.